The molecule has 126 valence electrons. The highest BCUT2D eigenvalue weighted by Gasteiger charge is 2.14. The molecule has 2 heterocycles. The third kappa shape index (κ3) is 3.66. The van der Waals surface area contributed by atoms with Crippen LogP contribution in [0.5, 0.6) is 0 Å². The van der Waals surface area contributed by atoms with Crippen molar-refractivity contribution in [2.24, 2.45) is 0 Å². The van der Waals surface area contributed by atoms with E-state index >= 15 is 0 Å². The Morgan fingerprint density at radius 3 is 2.71 bits per heavy atom. The molecular formula is C18H21N3OS2. The van der Waals surface area contributed by atoms with Crippen LogP contribution in [0.1, 0.15) is 25.1 Å². The molecule has 6 heteroatoms. The van der Waals surface area contributed by atoms with Gasteiger partial charge in [0.25, 0.3) is 0 Å². The maximum atomic E-state index is 11.6. The molecule has 0 fully saturated rings. The topological polar surface area (TPSA) is 36.4 Å². The summed E-state index contributed by atoms with van der Waals surface area (Å²) in [4.78, 5) is 20.2. The minimum atomic E-state index is 0.0384. The first kappa shape index (κ1) is 17.1. The summed E-state index contributed by atoms with van der Waals surface area (Å²) in [6.45, 7) is 5.87. The Morgan fingerprint density at radius 2 is 1.96 bits per heavy atom. The predicted molar refractivity (Wildman–Crippen MR) is 103 cm³/mol. The molecule has 0 saturated carbocycles. The molecule has 1 aromatic carbocycles. The van der Waals surface area contributed by atoms with E-state index in [1.807, 2.05) is 12.3 Å². The van der Waals surface area contributed by atoms with Gasteiger partial charge >= 0.3 is 0 Å². The van der Waals surface area contributed by atoms with Gasteiger partial charge in [-0.1, -0.05) is 18.2 Å². The van der Waals surface area contributed by atoms with Crippen molar-refractivity contribution in [3.63, 3.8) is 0 Å². The zero-order chi connectivity index (χ0) is 17.1. The van der Waals surface area contributed by atoms with Crippen molar-refractivity contribution < 1.29 is 4.79 Å². The monoisotopic (exact) mass is 359 g/mol. The molecule has 1 amide bonds. The molecule has 0 atom stereocenters. The van der Waals surface area contributed by atoms with Gasteiger partial charge in [0.2, 0.25) is 5.91 Å². The fourth-order valence-corrected chi connectivity index (χ4v) is 4.64. The van der Waals surface area contributed by atoms with Gasteiger partial charge in [0.1, 0.15) is 0 Å². The number of hydrogen-bond donors (Lipinski definition) is 0. The van der Waals surface area contributed by atoms with Crippen molar-refractivity contribution in [3.8, 4) is 0 Å². The molecule has 4 nitrogen and oxygen atoms in total. The summed E-state index contributed by atoms with van der Waals surface area (Å²) in [5.41, 5.74) is 2.37. The van der Waals surface area contributed by atoms with Crippen LogP contribution in [0.3, 0.4) is 0 Å². The Balaban J connectivity index is 1.68. The minimum Gasteiger partial charge on any atom is -0.296 e. The zero-order valence-electron chi connectivity index (χ0n) is 14.2. The normalized spacial score (nSPS) is 11.3. The van der Waals surface area contributed by atoms with Gasteiger partial charge < -0.3 is 0 Å². The molecule has 0 aliphatic carbocycles. The lowest BCUT2D eigenvalue weighted by Gasteiger charge is -2.16. The highest BCUT2D eigenvalue weighted by Crippen LogP contribution is 2.27. The quantitative estimate of drug-likeness (QED) is 0.656. The van der Waals surface area contributed by atoms with Crippen molar-refractivity contribution in [1.29, 1.82) is 0 Å². The van der Waals surface area contributed by atoms with Crippen LogP contribution in [0.25, 0.3) is 10.1 Å². The van der Waals surface area contributed by atoms with Gasteiger partial charge in [-0.15, -0.1) is 22.7 Å². The second-order valence-corrected chi connectivity index (χ2v) is 7.56. The van der Waals surface area contributed by atoms with E-state index in [0.717, 1.165) is 23.9 Å². The van der Waals surface area contributed by atoms with Gasteiger partial charge in [-0.05, 0) is 36.4 Å². The summed E-state index contributed by atoms with van der Waals surface area (Å²) in [5, 5.41) is 6.40. The molecule has 24 heavy (non-hydrogen) atoms. The Bertz CT molecular complexity index is 840. The third-order valence-electron chi connectivity index (χ3n) is 3.90. The summed E-state index contributed by atoms with van der Waals surface area (Å²) >= 11 is 3.32. The first-order valence-electron chi connectivity index (χ1n) is 7.94. The summed E-state index contributed by atoms with van der Waals surface area (Å²) in [6.07, 6.45) is 0. The fourth-order valence-electron chi connectivity index (χ4n) is 2.76. The number of carbonyl (C=O) groups excluding carboxylic acids is 1. The molecule has 3 aromatic rings. The zero-order valence-corrected chi connectivity index (χ0v) is 15.8. The van der Waals surface area contributed by atoms with E-state index in [-0.39, 0.29) is 5.91 Å². The summed E-state index contributed by atoms with van der Waals surface area (Å²) in [5.74, 6) is 0.0384. The standard InChI is InChI=1S/C18H21N3OS2/c1-4-21(13(2)22)18-19-15(12-24-18)10-20(3)9-14-11-23-17-8-6-5-7-16(14)17/h5-8,11-12H,4,9-10H2,1-3H3. The van der Waals surface area contributed by atoms with Crippen molar-refractivity contribution in [3.05, 3.63) is 46.3 Å². The molecular weight excluding hydrogens is 338 g/mol. The molecule has 0 unspecified atom stereocenters. The van der Waals surface area contributed by atoms with E-state index in [1.165, 1.54) is 27.0 Å². The molecule has 0 spiro atoms. The van der Waals surface area contributed by atoms with Crippen molar-refractivity contribution in [2.45, 2.75) is 26.9 Å². The van der Waals surface area contributed by atoms with Gasteiger partial charge in [0, 0.05) is 36.6 Å². The molecule has 2 aromatic heterocycles. The summed E-state index contributed by atoms with van der Waals surface area (Å²) < 4.78 is 1.33. The lowest BCUT2D eigenvalue weighted by atomic mass is 10.2. The van der Waals surface area contributed by atoms with Crippen LogP contribution in [-0.4, -0.2) is 29.4 Å². The number of carbonyl (C=O) groups is 1. The van der Waals surface area contributed by atoms with E-state index in [1.54, 1.807) is 23.2 Å². The number of benzene rings is 1. The smallest absolute Gasteiger partial charge is 0.225 e. The van der Waals surface area contributed by atoms with Gasteiger partial charge in [-0.2, -0.15) is 0 Å². The largest absolute Gasteiger partial charge is 0.296 e. The molecule has 0 saturated heterocycles. The Morgan fingerprint density at radius 1 is 1.17 bits per heavy atom. The number of hydrogen-bond acceptors (Lipinski definition) is 5. The number of anilines is 1. The van der Waals surface area contributed by atoms with Gasteiger partial charge in [0.05, 0.1) is 5.69 Å². The molecule has 0 aliphatic heterocycles. The van der Waals surface area contributed by atoms with Crippen LogP contribution >= 0.6 is 22.7 Å². The van der Waals surface area contributed by atoms with E-state index in [0.29, 0.717) is 6.54 Å². The van der Waals surface area contributed by atoms with Crippen LogP contribution in [0, 0.1) is 0 Å². The third-order valence-corrected chi connectivity index (χ3v) is 5.82. The molecule has 0 bridgehead atoms. The van der Waals surface area contributed by atoms with Crippen molar-refractivity contribution in [2.75, 3.05) is 18.5 Å². The minimum absolute atomic E-state index is 0.0384. The number of thiazole rings is 1. The SMILES string of the molecule is CCN(C(C)=O)c1nc(CN(C)Cc2csc3ccccc23)cs1. The highest BCUT2D eigenvalue weighted by atomic mass is 32.1. The van der Waals surface area contributed by atoms with E-state index in [4.69, 9.17) is 0 Å². The molecule has 0 radical (unpaired) electrons. The predicted octanol–water partition coefficient (Wildman–Crippen LogP) is 4.36. The van der Waals surface area contributed by atoms with Crippen molar-refractivity contribution >= 4 is 43.8 Å². The van der Waals surface area contributed by atoms with Crippen molar-refractivity contribution in [1.82, 2.24) is 9.88 Å². The Labute approximate surface area is 150 Å². The van der Waals surface area contributed by atoms with E-state index < -0.39 is 0 Å². The number of thiophene rings is 1. The second-order valence-electron chi connectivity index (χ2n) is 5.81. The lowest BCUT2D eigenvalue weighted by Crippen LogP contribution is -2.27. The lowest BCUT2D eigenvalue weighted by molar-refractivity contribution is -0.116. The number of nitrogens with zero attached hydrogens (tertiary/aromatic N) is 3. The van der Waals surface area contributed by atoms with Crippen LogP contribution in [-0.2, 0) is 17.9 Å². The number of fused-ring (bicyclic) bond motifs is 1. The average Bonchev–Trinajstić information content (AvgIpc) is 3.16. The Kier molecular flexibility index (Phi) is 5.28. The van der Waals surface area contributed by atoms with Crippen LogP contribution in [0.15, 0.2) is 35.0 Å². The molecule has 0 aliphatic rings. The van der Waals surface area contributed by atoms with Crippen LogP contribution < -0.4 is 4.90 Å². The maximum absolute atomic E-state index is 11.6. The van der Waals surface area contributed by atoms with Gasteiger partial charge in [0.15, 0.2) is 5.13 Å². The van der Waals surface area contributed by atoms with Gasteiger partial charge in [-0.3, -0.25) is 14.6 Å². The molecule has 3 rings (SSSR count). The maximum Gasteiger partial charge on any atom is 0.225 e. The number of rotatable bonds is 6. The van der Waals surface area contributed by atoms with Crippen LogP contribution in [0.4, 0.5) is 5.13 Å². The second kappa shape index (κ2) is 7.42. The first-order valence-corrected chi connectivity index (χ1v) is 9.70. The number of aromatic nitrogens is 1. The fraction of sp³-hybridized carbons (Fsp3) is 0.333. The first-order chi connectivity index (χ1) is 11.6. The Hall–Kier alpha value is -1.76. The van der Waals surface area contributed by atoms with Crippen LogP contribution in [0.2, 0.25) is 0 Å². The van der Waals surface area contributed by atoms with Gasteiger partial charge in [-0.25, -0.2) is 4.98 Å². The van der Waals surface area contributed by atoms with E-state index in [2.05, 4.69) is 46.6 Å². The number of amides is 1. The molecule has 0 N–H and O–H groups in total. The summed E-state index contributed by atoms with van der Waals surface area (Å²) in [6, 6.07) is 8.52. The van der Waals surface area contributed by atoms with E-state index in [9.17, 15) is 4.79 Å². The summed E-state index contributed by atoms with van der Waals surface area (Å²) in [7, 11) is 2.11. The average molecular weight is 360 g/mol. The highest BCUT2D eigenvalue weighted by molar-refractivity contribution is 7.17.